The summed E-state index contributed by atoms with van der Waals surface area (Å²) in [6.45, 7) is 3.28. The molecule has 0 radical (unpaired) electrons. The van der Waals surface area contributed by atoms with E-state index in [0.29, 0.717) is 6.42 Å². The van der Waals surface area contributed by atoms with Crippen molar-refractivity contribution in [1.82, 2.24) is 5.32 Å². The summed E-state index contributed by atoms with van der Waals surface area (Å²) in [6, 6.07) is 2.75. The van der Waals surface area contributed by atoms with Gasteiger partial charge in [0.25, 0.3) is 5.91 Å². The highest BCUT2D eigenvalue weighted by atomic mass is 35.5. The largest absolute Gasteiger partial charge is 0.396 e. The first-order valence-corrected chi connectivity index (χ1v) is 7.64. The molecule has 0 heterocycles. The van der Waals surface area contributed by atoms with Gasteiger partial charge < -0.3 is 11.1 Å². The van der Waals surface area contributed by atoms with Crippen LogP contribution >= 0.6 is 46.4 Å². The Balaban J connectivity index is 3.07. The molecule has 4 nitrogen and oxygen atoms in total. The minimum Gasteiger partial charge on any atom is -0.396 e. The number of alkyl halides is 2. The summed E-state index contributed by atoms with van der Waals surface area (Å²) in [6.07, 6.45) is 0.323. The van der Waals surface area contributed by atoms with Gasteiger partial charge in [-0.2, -0.15) is 0 Å². The molecule has 0 aliphatic rings. The third-order valence-corrected chi connectivity index (χ3v) is 4.20. The highest BCUT2D eigenvalue weighted by Crippen LogP contribution is 2.29. The van der Waals surface area contributed by atoms with Crippen LogP contribution in [-0.4, -0.2) is 22.1 Å². The van der Waals surface area contributed by atoms with Crippen molar-refractivity contribution in [3.05, 3.63) is 27.7 Å². The zero-order valence-electron chi connectivity index (χ0n) is 11.3. The molecule has 0 bridgehead atoms. The number of nitrogens with one attached hydrogen (secondary N) is 1. The van der Waals surface area contributed by atoms with E-state index in [1.807, 2.05) is 0 Å². The fraction of sp³-hybridized carbons (Fsp3) is 0.385. The quantitative estimate of drug-likeness (QED) is 0.609. The Hall–Kier alpha value is -0.680. The molecule has 1 aromatic rings. The zero-order valence-corrected chi connectivity index (χ0v) is 14.4. The molecule has 8 heteroatoms. The summed E-state index contributed by atoms with van der Waals surface area (Å²) in [5.41, 5.74) is 4.79. The summed E-state index contributed by atoms with van der Waals surface area (Å²) < 4.78 is 0. The smallest absolute Gasteiger partial charge is 0.252 e. The van der Waals surface area contributed by atoms with E-state index in [4.69, 9.17) is 52.1 Å². The Morgan fingerprint density at radius 2 is 1.76 bits per heavy atom. The van der Waals surface area contributed by atoms with Gasteiger partial charge in [-0.1, -0.05) is 53.3 Å². The van der Waals surface area contributed by atoms with E-state index in [1.165, 1.54) is 12.1 Å². The van der Waals surface area contributed by atoms with Crippen LogP contribution in [-0.2, 0) is 4.79 Å². The zero-order chi connectivity index (χ0) is 16.4. The molecule has 0 aromatic heterocycles. The third kappa shape index (κ3) is 4.16. The van der Waals surface area contributed by atoms with Crippen LogP contribution in [0, 0.1) is 0 Å². The van der Waals surface area contributed by atoms with Gasteiger partial charge in [0.15, 0.2) is 10.6 Å². The Kier molecular flexibility index (Phi) is 6.17. The molecular weight excluding hydrogens is 358 g/mol. The van der Waals surface area contributed by atoms with Crippen molar-refractivity contribution < 1.29 is 9.59 Å². The number of carbonyl (C=O) groups excluding carboxylic acids is 2. The van der Waals surface area contributed by atoms with E-state index < -0.39 is 22.1 Å². The van der Waals surface area contributed by atoms with E-state index >= 15 is 0 Å². The predicted octanol–water partition coefficient (Wildman–Crippen LogP) is 3.85. The Morgan fingerprint density at radius 3 is 2.14 bits per heavy atom. The van der Waals surface area contributed by atoms with Crippen LogP contribution in [0.15, 0.2) is 12.1 Å². The summed E-state index contributed by atoms with van der Waals surface area (Å²) >= 11 is 23.0. The molecule has 0 saturated heterocycles. The molecule has 1 rings (SSSR count). The number of carbonyl (C=O) groups is 2. The SMILES string of the molecule is CCC(C)(NC(=O)c1cc(Cl)c(N)c(Cl)c1)C(=O)C(Cl)Cl. The maximum absolute atomic E-state index is 12.3. The number of hydrogen-bond donors (Lipinski definition) is 2. The van der Waals surface area contributed by atoms with E-state index in [9.17, 15) is 9.59 Å². The van der Waals surface area contributed by atoms with E-state index in [2.05, 4.69) is 5.32 Å². The van der Waals surface area contributed by atoms with E-state index in [0.717, 1.165) is 0 Å². The number of anilines is 1. The number of ketones is 1. The maximum atomic E-state index is 12.3. The Bertz CT molecular complexity index is 554. The number of nitrogen functional groups attached to an aromatic ring is 1. The molecule has 0 fully saturated rings. The molecule has 1 amide bonds. The molecule has 1 unspecified atom stereocenters. The minimum absolute atomic E-state index is 0.157. The Labute approximate surface area is 142 Å². The highest BCUT2D eigenvalue weighted by molar-refractivity contribution is 6.54. The van der Waals surface area contributed by atoms with Gasteiger partial charge in [0.05, 0.1) is 21.3 Å². The lowest BCUT2D eigenvalue weighted by Crippen LogP contribution is -2.53. The number of benzene rings is 1. The minimum atomic E-state index is -1.23. The average molecular weight is 372 g/mol. The van der Waals surface area contributed by atoms with Gasteiger partial charge in [0.1, 0.15) is 0 Å². The lowest BCUT2D eigenvalue weighted by atomic mass is 9.93. The second-order valence-corrected chi connectivity index (χ2v) is 6.57. The van der Waals surface area contributed by atoms with Crippen LogP contribution in [0.5, 0.6) is 0 Å². The van der Waals surface area contributed by atoms with Crippen LogP contribution < -0.4 is 11.1 Å². The van der Waals surface area contributed by atoms with Crippen molar-refractivity contribution >= 4 is 63.8 Å². The first-order chi connectivity index (χ1) is 9.62. The van der Waals surface area contributed by atoms with E-state index in [-0.39, 0.29) is 21.3 Å². The Morgan fingerprint density at radius 1 is 1.29 bits per heavy atom. The summed E-state index contributed by atoms with van der Waals surface area (Å²) in [5, 5.41) is 2.91. The molecule has 1 atom stereocenters. The van der Waals surface area contributed by atoms with Gasteiger partial charge >= 0.3 is 0 Å². The number of amides is 1. The van der Waals surface area contributed by atoms with Gasteiger partial charge in [-0.15, -0.1) is 0 Å². The summed E-state index contributed by atoms with van der Waals surface area (Å²) in [7, 11) is 0. The molecule has 0 spiro atoms. The molecule has 0 aliphatic carbocycles. The first-order valence-electron chi connectivity index (χ1n) is 6.02. The topological polar surface area (TPSA) is 72.2 Å². The molecule has 3 N–H and O–H groups in total. The van der Waals surface area contributed by atoms with Gasteiger partial charge in [-0.3, -0.25) is 9.59 Å². The van der Waals surface area contributed by atoms with Gasteiger partial charge in [0, 0.05) is 5.56 Å². The standard InChI is InChI=1S/C13H14Cl4N2O2/c1-3-13(2,10(20)11(16)17)19-12(21)6-4-7(14)9(18)8(15)5-6/h4-5,11H,3,18H2,1-2H3,(H,19,21). The predicted molar refractivity (Wildman–Crippen MR) is 87.5 cm³/mol. The molecule has 21 heavy (non-hydrogen) atoms. The number of halogens is 4. The monoisotopic (exact) mass is 370 g/mol. The van der Waals surface area contributed by atoms with Crippen molar-refractivity contribution in [3.8, 4) is 0 Å². The second kappa shape index (κ2) is 7.05. The number of rotatable bonds is 5. The number of hydrogen-bond acceptors (Lipinski definition) is 3. The van der Waals surface area contributed by atoms with Crippen LogP contribution in [0.1, 0.15) is 30.6 Å². The first kappa shape index (κ1) is 18.4. The lowest BCUT2D eigenvalue weighted by molar-refractivity contribution is -0.123. The van der Waals surface area contributed by atoms with Crippen molar-refractivity contribution in [3.63, 3.8) is 0 Å². The van der Waals surface area contributed by atoms with Crippen molar-refractivity contribution in [2.75, 3.05) is 5.73 Å². The number of Topliss-reactive ketones (excluding diaryl/α,β-unsaturated/α-hetero) is 1. The van der Waals surface area contributed by atoms with Crippen molar-refractivity contribution in [1.29, 1.82) is 0 Å². The normalized spacial score (nSPS) is 13.9. The molecule has 0 saturated carbocycles. The van der Waals surface area contributed by atoms with Crippen molar-refractivity contribution in [2.45, 2.75) is 30.6 Å². The third-order valence-electron chi connectivity index (χ3n) is 3.18. The fourth-order valence-electron chi connectivity index (χ4n) is 1.60. The van der Waals surface area contributed by atoms with E-state index in [1.54, 1.807) is 13.8 Å². The van der Waals surface area contributed by atoms with Crippen LogP contribution in [0.25, 0.3) is 0 Å². The summed E-state index contributed by atoms with van der Waals surface area (Å²) in [4.78, 5) is 23.0. The summed E-state index contributed by atoms with van der Waals surface area (Å²) in [5.74, 6) is -1.01. The lowest BCUT2D eigenvalue weighted by Gasteiger charge is -2.28. The molecule has 116 valence electrons. The molecule has 1 aromatic carbocycles. The van der Waals surface area contributed by atoms with Crippen molar-refractivity contribution in [2.24, 2.45) is 0 Å². The molecular formula is C13H14Cl4N2O2. The van der Waals surface area contributed by atoms with Crippen LogP contribution in [0.2, 0.25) is 10.0 Å². The van der Waals surface area contributed by atoms with Gasteiger partial charge in [0.2, 0.25) is 0 Å². The van der Waals surface area contributed by atoms with Gasteiger partial charge in [-0.05, 0) is 25.5 Å². The maximum Gasteiger partial charge on any atom is 0.252 e. The fourth-order valence-corrected chi connectivity index (χ4v) is 2.57. The van der Waals surface area contributed by atoms with Crippen LogP contribution in [0.4, 0.5) is 5.69 Å². The molecule has 0 aliphatic heterocycles. The van der Waals surface area contributed by atoms with Gasteiger partial charge in [-0.25, -0.2) is 0 Å². The van der Waals surface area contributed by atoms with Crippen LogP contribution in [0.3, 0.4) is 0 Å². The highest BCUT2D eigenvalue weighted by Gasteiger charge is 2.36. The average Bonchev–Trinajstić information content (AvgIpc) is 2.42. The second-order valence-electron chi connectivity index (χ2n) is 4.66. The number of nitrogens with two attached hydrogens (primary N) is 1.